The molecule has 1 fully saturated rings. The van der Waals surface area contributed by atoms with Crippen molar-refractivity contribution in [1.29, 1.82) is 0 Å². The molecule has 1 unspecified atom stereocenters. The molecule has 2 rings (SSSR count). The van der Waals surface area contributed by atoms with Gasteiger partial charge in [-0.2, -0.15) is 0 Å². The van der Waals surface area contributed by atoms with Crippen molar-refractivity contribution in [1.82, 2.24) is 9.88 Å². The van der Waals surface area contributed by atoms with Crippen LogP contribution in [0.3, 0.4) is 0 Å². The van der Waals surface area contributed by atoms with Crippen molar-refractivity contribution in [3.8, 4) is 0 Å². The van der Waals surface area contributed by atoms with E-state index >= 15 is 0 Å². The van der Waals surface area contributed by atoms with Crippen molar-refractivity contribution in [2.24, 2.45) is 0 Å². The first-order chi connectivity index (χ1) is 7.15. The lowest BCUT2D eigenvalue weighted by Gasteiger charge is -2.14. The second kappa shape index (κ2) is 4.49. The molecule has 0 N–H and O–H groups in total. The predicted molar refractivity (Wildman–Crippen MR) is 62.0 cm³/mol. The summed E-state index contributed by atoms with van der Waals surface area (Å²) in [5.74, 6) is 0.165. The van der Waals surface area contributed by atoms with Gasteiger partial charge in [-0.25, -0.2) is 0 Å². The first kappa shape index (κ1) is 10.9. The molecule has 0 saturated carbocycles. The topological polar surface area (TPSA) is 33.2 Å². The van der Waals surface area contributed by atoms with Crippen LogP contribution < -0.4 is 0 Å². The summed E-state index contributed by atoms with van der Waals surface area (Å²) < 4.78 is 0. The van der Waals surface area contributed by atoms with Crippen molar-refractivity contribution in [3.63, 3.8) is 0 Å². The third kappa shape index (κ3) is 2.69. The van der Waals surface area contributed by atoms with E-state index < -0.39 is 0 Å². The summed E-state index contributed by atoms with van der Waals surface area (Å²) in [6.45, 7) is 1.29. The molecule has 1 saturated heterocycles. The van der Waals surface area contributed by atoms with E-state index in [9.17, 15) is 4.79 Å². The molecule has 1 aromatic heterocycles. The Morgan fingerprint density at radius 1 is 1.67 bits per heavy atom. The highest BCUT2D eigenvalue weighted by atomic mass is 79.9. The Morgan fingerprint density at radius 2 is 2.47 bits per heavy atom. The van der Waals surface area contributed by atoms with Crippen LogP contribution in [-0.4, -0.2) is 27.2 Å². The standard InChI is InChI=1S/C10H10BrClN2O/c11-7-3-10(15)14(5-7)6-9-4-8(12)1-2-13-9/h1-2,4,7H,3,5-6H2. The van der Waals surface area contributed by atoms with E-state index in [1.54, 1.807) is 23.2 Å². The van der Waals surface area contributed by atoms with Crippen molar-refractivity contribution in [2.45, 2.75) is 17.8 Å². The summed E-state index contributed by atoms with van der Waals surface area (Å²) in [5.41, 5.74) is 0.831. The zero-order chi connectivity index (χ0) is 10.8. The molecule has 2 heterocycles. The molecule has 1 amide bonds. The third-order valence-electron chi connectivity index (χ3n) is 2.30. The van der Waals surface area contributed by atoms with Gasteiger partial charge in [-0.05, 0) is 12.1 Å². The maximum absolute atomic E-state index is 11.5. The summed E-state index contributed by atoms with van der Waals surface area (Å²) in [6.07, 6.45) is 2.23. The minimum atomic E-state index is 0.165. The van der Waals surface area contributed by atoms with Crippen LogP contribution in [0.1, 0.15) is 12.1 Å². The van der Waals surface area contributed by atoms with Gasteiger partial charge in [-0.15, -0.1) is 0 Å². The fraction of sp³-hybridized carbons (Fsp3) is 0.400. The average Bonchev–Trinajstić information content (AvgIpc) is 2.45. The fourth-order valence-corrected chi connectivity index (χ4v) is 2.42. The van der Waals surface area contributed by atoms with Crippen molar-refractivity contribution in [2.75, 3.05) is 6.54 Å². The Bertz CT molecular complexity index is 385. The van der Waals surface area contributed by atoms with Gasteiger partial charge in [0.25, 0.3) is 0 Å². The molecular weight excluding hydrogens is 279 g/mol. The maximum atomic E-state index is 11.5. The van der Waals surface area contributed by atoms with Gasteiger partial charge in [-0.1, -0.05) is 27.5 Å². The molecule has 0 bridgehead atoms. The molecular formula is C10H10BrClN2O. The molecule has 0 aliphatic carbocycles. The minimum Gasteiger partial charge on any atom is -0.336 e. The molecule has 1 atom stereocenters. The quantitative estimate of drug-likeness (QED) is 0.782. The Morgan fingerprint density at radius 3 is 3.07 bits per heavy atom. The average molecular weight is 290 g/mol. The molecule has 0 radical (unpaired) electrons. The summed E-state index contributed by atoms with van der Waals surface area (Å²) in [7, 11) is 0. The molecule has 3 nitrogen and oxygen atoms in total. The normalized spacial score (nSPS) is 21.1. The first-order valence-corrected chi connectivity index (χ1v) is 5.97. The monoisotopic (exact) mass is 288 g/mol. The number of pyridine rings is 1. The number of nitrogens with zero attached hydrogens (tertiary/aromatic N) is 2. The van der Waals surface area contributed by atoms with E-state index in [-0.39, 0.29) is 10.7 Å². The lowest BCUT2D eigenvalue weighted by Crippen LogP contribution is -2.25. The number of amides is 1. The number of likely N-dealkylation sites (tertiary alicyclic amines) is 1. The number of alkyl halides is 1. The van der Waals surface area contributed by atoms with Crippen LogP contribution >= 0.6 is 27.5 Å². The van der Waals surface area contributed by atoms with Crippen molar-refractivity contribution >= 4 is 33.4 Å². The highest BCUT2D eigenvalue weighted by Gasteiger charge is 2.27. The summed E-state index contributed by atoms with van der Waals surface area (Å²) >= 11 is 9.28. The molecule has 5 heteroatoms. The Kier molecular flexibility index (Phi) is 3.26. The molecule has 0 aromatic carbocycles. The van der Waals surface area contributed by atoms with E-state index in [0.717, 1.165) is 12.2 Å². The third-order valence-corrected chi connectivity index (χ3v) is 3.15. The number of carbonyl (C=O) groups excluding carboxylic acids is 1. The molecule has 15 heavy (non-hydrogen) atoms. The number of carbonyl (C=O) groups is 1. The highest BCUT2D eigenvalue weighted by molar-refractivity contribution is 9.09. The molecule has 1 aromatic rings. The van der Waals surface area contributed by atoms with Crippen LogP contribution in [0.4, 0.5) is 0 Å². The van der Waals surface area contributed by atoms with Crippen molar-refractivity contribution in [3.05, 3.63) is 29.0 Å². The van der Waals surface area contributed by atoms with Crippen LogP contribution in [-0.2, 0) is 11.3 Å². The van der Waals surface area contributed by atoms with Crippen LogP contribution in [0, 0.1) is 0 Å². The smallest absolute Gasteiger partial charge is 0.224 e. The van der Waals surface area contributed by atoms with Gasteiger partial charge >= 0.3 is 0 Å². The zero-order valence-corrected chi connectivity index (χ0v) is 10.3. The molecule has 1 aliphatic rings. The zero-order valence-electron chi connectivity index (χ0n) is 7.99. The Balaban J connectivity index is 2.06. The summed E-state index contributed by atoms with van der Waals surface area (Å²) in [5, 5.41) is 0.655. The SMILES string of the molecule is O=C1CC(Br)CN1Cc1cc(Cl)ccn1. The van der Waals surface area contributed by atoms with Crippen LogP contribution in [0.2, 0.25) is 5.02 Å². The number of hydrogen-bond acceptors (Lipinski definition) is 2. The van der Waals surface area contributed by atoms with E-state index in [0.29, 0.717) is 18.0 Å². The van der Waals surface area contributed by atoms with Crippen LogP contribution in [0.5, 0.6) is 0 Å². The number of rotatable bonds is 2. The lowest BCUT2D eigenvalue weighted by molar-refractivity contribution is -0.128. The number of halogens is 2. The second-order valence-corrected chi connectivity index (χ2v) is 5.27. The molecule has 1 aliphatic heterocycles. The Hall–Kier alpha value is -0.610. The second-order valence-electron chi connectivity index (χ2n) is 3.54. The van der Waals surface area contributed by atoms with Crippen LogP contribution in [0.25, 0.3) is 0 Å². The summed E-state index contributed by atoms with van der Waals surface area (Å²) in [6, 6.07) is 3.51. The Labute approximate surface area is 102 Å². The fourth-order valence-electron chi connectivity index (χ4n) is 1.61. The van der Waals surface area contributed by atoms with Gasteiger partial charge in [0, 0.05) is 29.0 Å². The van der Waals surface area contributed by atoms with E-state index in [1.165, 1.54) is 0 Å². The van der Waals surface area contributed by atoms with Gasteiger partial charge in [0.2, 0.25) is 5.91 Å². The van der Waals surface area contributed by atoms with Gasteiger partial charge in [0.05, 0.1) is 12.2 Å². The largest absolute Gasteiger partial charge is 0.336 e. The maximum Gasteiger partial charge on any atom is 0.224 e. The highest BCUT2D eigenvalue weighted by Crippen LogP contribution is 2.20. The van der Waals surface area contributed by atoms with Gasteiger partial charge in [-0.3, -0.25) is 9.78 Å². The minimum absolute atomic E-state index is 0.165. The lowest BCUT2D eigenvalue weighted by atomic mass is 10.3. The first-order valence-electron chi connectivity index (χ1n) is 4.67. The molecule has 80 valence electrons. The van der Waals surface area contributed by atoms with E-state index in [1.807, 2.05) is 0 Å². The van der Waals surface area contributed by atoms with Gasteiger partial charge in [0.15, 0.2) is 0 Å². The molecule has 0 spiro atoms. The number of hydrogen-bond donors (Lipinski definition) is 0. The van der Waals surface area contributed by atoms with E-state index in [2.05, 4.69) is 20.9 Å². The van der Waals surface area contributed by atoms with Gasteiger partial charge < -0.3 is 4.90 Å². The van der Waals surface area contributed by atoms with E-state index in [4.69, 9.17) is 11.6 Å². The van der Waals surface area contributed by atoms with Crippen molar-refractivity contribution < 1.29 is 4.79 Å². The summed E-state index contributed by atoms with van der Waals surface area (Å²) in [4.78, 5) is 17.7. The van der Waals surface area contributed by atoms with Crippen LogP contribution in [0.15, 0.2) is 18.3 Å². The predicted octanol–water partition coefficient (Wildman–Crippen LogP) is 2.23. The number of aromatic nitrogens is 1. The van der Waals surface area contributed by atoms with Gasteiger partial charge in [0.1, 0.15) is 0 Å².